The molecule has 3 aromatic rings. The number of carbonyl (C=O) groups excluding carboxylic acids is 4. The highest BCUT2D eigenvalue weighted by molar-refractivity contribution is 8.18. The zero-order valence-electron chi connectivity index (χ0n) is 16.6. The van der Waals surface area contributed by atoms with E-state index in [1.165, 1.54) is 24.3 Å². The number of nitrogens with one attached hydrogen (secondary N) is 1. The van der Waals surface area contributed by atoms with Gasteiger partial charge in [-0.1, -0.05) is 18.2 Å². The summed E-state index contributed by atoms with van der Waals surface area (Å²) in [5.41, 5.74) is 7.06. The van der Waals surface area contributed by atoms with Crippen molar-refractivity contribution in [3.05, 3.63) is 71.0 Å². The third kappa shape index (κ3) is 4.40. The number of nitrogens with two attached hydrogens (primary N) is 1. The maximum atomic E-state index is 13.0. The van der Waals surface area contributed by atoms with E-state index in [2.05, 4.69) is 5.32 Å². The second-order valence-corrected chi connectivity index (χ2v) is 8.01. The number of aromatic nitrogens is 1. The van der Waals surface area contributed by atoms with Gasteiger partial charge in [-0.3, -0.25) is 24.1 Å². The molecule has 0 atom stereocenters. The predicted octanol–water partition coefficient (Wildman–Crippen LogP) is 2.94. The lowest BCUT2D eigenvalue weighted by molar-refractivity contribution is -0.127. The molecule has 0 aliphatic carbocycles. The van der Waals surface area contributed by atoms with E-state index in [0.717, 1.165) is 27.6 Å². The largest absolute Gasteiger partial charge is 0.368 e. The summed E-state index contributed by atoms with van der Waals surface area (Å²) < 4.78 is 14.7. The lowest BCUT2D eigenvalue weighted by atomic mass is 10.1. The van der Waals surface area contributed by atoms with Crippen molar-refractivity contribution in [2.24, 2.45) is 5.73 Å². The lowest BCUT2D eigenvalue weighted by Crippen LogP contribution is -2.36. The SMILES string of the molecule is NC(=O)Cn1cc(/C=C2\SC(=O)N(CC(=O)Nc3ccc(F)cc3)C2=O)c2ccccc21. The first-order chi connectivity index (χ1) is 15.3. The molecule has 0 radical (unpaired) electrons. The number of fused-ring (bicyclic) bond motifs is 1. The number of amides is 4. The van der Waals surface area contributed by atoms with Gasteiger partial charge < -0.3 is 15.6 Å². The Labute approximate surface area is 185 Å². The van der Waals surface area contributed by atoms with E-state index in [-0.39, 0.29) is 11.4 Å². The molecule has 10 heteroatoms. The third-order valence-corrected chi connectivity index (χ3v) is 5.64. The first kappa shape index (κ1) is 21.3. The molecule has 4 rings (SSSR count). The minimum absolute atomic E-state index is 0.0284. The molecule has 8 nitrogen and oxygen atoms in total. The third-order valence-electron chi connectivity index (χ3n) is 4.74. The van der Waals surface area contributed by atoms with Gasteiger partial charge in [-0.25, -0.2) is 4.39 Å². The average Bonchev–Trinajstić information content (AvgIpc) is 3.22. The van der Waals surface area contributed by atoms with Crippen LogP contribution in [-0.2, 0) is 20.9 Å². The normalized spacial score (nSPS) is 15.0. The van der Waals surface area contributed by atoms with Crippen LogP contribution >= 0.6 is 11.8 Å². The highest BCUT2D eigenvalue weighted by atomic mass is 32.2. The van der Waals surface area contributed by atoms with Crippen molar-refractivity contribution in [2.45, 2.75) is 6.54 Å². The van der Waals surface area contributed by atoms with Gasteiger partial charge >= 0.3 is 0 Å². The highest BCUT2D eigenvalue weighted by Gasteiger charge is 2.36. The van der Waals surface area contributed by atoms with Crippen molar-refractivity contribution in [1.29, 1.82) is 0 Å². The Morgan fingerprint density at radius 3 is 2.50 bits per heavy atom. The second-order valence-electron chi connectivity index (χ2n) is 7.02. The highest BCUT2D eigenvalue weighted by Crippen LogP contribution is 2.34. The Morgan fingerprint density at radius 2 is 1.78 bits per heavy atom. The summed E-state index contributed by atoms with van der Waals surface area (Å²) in [5.74, 6) is -2.14. The Kier molecular flexibility index (Phi) is 5.78. The molecule has 162 valence electrons. The Hall–Kier alpha value is -3.92. The molecule has 1 saturated heterocycles. The summed E-state index contributed by atoms with van der Waals surface area (Å²) in [7, 11) is 0. The molecule has 1 aliphatic heterocycles. The molecule has 1 aliphatic rings. The molecular formula is C22H17FN4O4S. The second kappa shape index (κ2) is 8.67. The predicted molar refractivity (Wildman–Crippen MR) is 119 cm³/mol. The van der Waals surface area contributed by atoms with E-state index in [4.69, 9.17) is 5.73 Å². The van der Waals surface area contributed by atoms with Gasteiger partial charge in [-0.2, -0.15) is 0 Å². The van der Waals surface area contributed by atoms with Crippen molar-refractivity contribution in [3.8, 4) is 0 Å². The number of hydrogen-bond donors (Lipinski definition) is 2. The summed E-state index contributed by atoms with van der Waals surface area (Å²) in [4.78, 5) is 49.8. The van der Waals surface area contributed by atoms with Crippen molar-refractivity contribution < 1.29 is 23.6 Å². The number of hydrogen-bond acceptors (Lipinski definition) is 5. The Balaban J connectivity index is 1.54. The van der Waals surface area contributed by atoms with E-state index >= 15 is 0 Å². The summed E-state index contributed by atoms with van der Waals surface area (Å²) in [6, 6.07) is 12.4. The van der Waals surface area contributed by atoms with Gasteiger partial charge in [0.05, 0.1) is 4.91 Å². The molecule has 0 spiro atoms. The van der Waals surface area contributed by atoms with Gasteiger partial charge in [-0.15, -0.1) is 0 Å². The number of anilines is 1. The van der Waals surface area contributed by atoms with Gasteiger partial charge in [0.15, 0.2) is 0 Å². The minimum Gasteiger partial charge on any atom is -0.368 e. The van der Waals surface area contributed by atoms with Crippen LogP contribution in [0.2, 0.25) is 0 Å². The van der Waals surface area contributed by atoms with Crippen molar-refractivity contribution in [1.82, 2.24) is 9.47 Å². The van der Waals surface area contributed by atoms with E-state index in [1.807, 2.05) is 24.3 Å². The fourth-order valence-corrected chi connectivity index (χ4v) is 4.17. The number of para-hydroxylation sites is 1. The van der Waals surface area contributed by atoms with E-state index in [9.17, 15) is 23.6 Å². The molecule has 1 fully saturated rings. The summed E-state index contributed by atoms with van der Waals surface area (Å²) in [5, 5.41) is 2.73. The molecular weight excluding hydrogens is 435 g/mol. The van der Waals surface area contributed by atoms with Crippen LogP contribution in [0.1, 0.15) is 5.56 Å². The van der Waals surface area contributed by atoms with Crippen LogP contribution in [0, 0.1) is 5.82 Å². The van der Waals surface area contributed by atoms with Gasteiger partial charge in [0.1, 0.15) is 18.9 Å². The molecule has 3 N–H and O–H groups in total. The first-order valence-electron chi connectivity index (χ1n) is 9.49. The molecule has 2 aromatic carbocycles. The monoisotopic (exact) mass is 452 g/mol. The number of carbonyl (C=O) groups is 4. The van der Waals surface area contributed by atoms with E-state index in [1.54, 1.807) is 16.8 Å². The number of benzene rings is 2. The van der Waals surface area contributed by atoms with E-state index in [0.29, 0.717) is 11.3 Å². The summed E-state index contributed by atoms with van der Waals surface area (Å²) >= 11 is 0.727. The number of primary amides is 1. The van der Waals surface area contributed by atoms with E-state index < -0.39 is 35.3 Å². The van der Waals surface area contributed by atoms with Crippen molar-refractivity contribution in [2.75, 3.05) is 11.9 Å². The van der Waals surface area contributed by atoms with Crippen LogP contribution in [0.25, 0.3) is 17.0 Å². The Bertz CT molecular complexity index is 1280. The van der Waals surface area contributed by atoms with Crippen LogP contribution < -0.4 is 11.1 Å². The number of nitrogens with zero attached hydrogens (tertiary/aromatic N) is 2. The number of halogens is 1. The fourth-order valence-electron chi connectivity index (χ4n) is 3.34. The number of imide groups is 1. The van der Waals surface area contributed by atoms with Crippen LogP contribution in [0.4, 0.5) is 14.9 Å². The topological polar surface area (TPSA) is 114 Å². The molecule has 1 aromatic heterocycles. The smallest absolute Gasteiger partial charge is 0.294 e. The fraction of sp³-hybridized carbons (Fsp3) is 0.0909. The van der Waals surface area contributed by atoms with Gasteiger partial charge in [0.25, 0.3) is 11.1 Å². The molecule has 0 unspecified atom stereocenters. The number of thioether (sulfide) groups is 1. The van der Waals surface area contributed by atoms with Gasteiger partial charge in [0, 0.05) is 28.4 Å². The van der Waals surface area contributed by atoms with Crippen LogP contribution in [0.15, 0.2) is 59.6 Å². The molecule has 2 heterocycles. The van der Waals surface area contributed by atoms with Crippen LogP contribution in [-0.4, -0.2) is 39.0 Å². The summed E-state index contributed by atoms with van der Waals surface area (Å²) in [6.07, 6.45) is 3.24. The molecule has 4 amide bonds. The maximum Gasteiger partial charge on any atom is 0.294 e. The maximum absolute atomic E-state index is 13.0. The quantitative estimate of drug-likeness (QED) is 0.558. The molecule has 0 bridgehead atoms. The zero-order chi connectivity index (χ0) is 22.8. The van der Waals surface area contributed by atoms with Gasteiger partial charge in [-0.05, 0) is 48.2 Å². The number of rotatable bonds is 6. The molecule has 0 saturated carbocycles. The molecule has 32 heavy (non-hydrogen) atoms. The average molecular weight is 452 g/mol. The van der Waals surface area contributed by atoms with Crippen LogP contribution in [0.3, 0.4) is 0 Å². The zero-order valence-corrected chi connectivity index (χ0v) is 17.4. The van der Waals surface area contributed by atoms with Crippen LogP contribution in [0.5, 0.6) is 0 Å². The van der Waals surface area contributed by atoms with Gasteiger partial charge in [0.2, 0.25) is 11.8 Å². The van der Waals surface area contributed by atoms with Crippen molar-refractivity contribution in [3.63, 3.8) is 0 Å². The first-order valence-corrected chi connectivity index (χ1v) is 10.3. The summed E-state index contributed by atoms with van der Waals surface area (Å²) in [6.45, 7) is -0.498. The lowest BCUT2D eigenvalue weighted by Gasteiger charge is -2.12. The standard InChI is InChI=1S/C22H17FN4O4S/c23-14-5-7-15(8-6-14)25-20(29)12-27-21(30)18(32-22(27)31)9-13-10-26(11-19(24)28)17-4-2-1-3-16(13)17/h1-10H,11-12H2,(H2,24,28)(H,25,29)/b18-9-. The Morgan fingerprint density at radius 1 is 1.06 bits per heavy atom. The van der Waals surface area contributed by atoms with Crippen molar-refractivity contribution >= 4 is 57.4 Å². The minimum atomic E-state index is -0.596.